The Morgan fingerprint density at radius 3 is 2.88 bits per heavy atom. The molecule has 0 spiro atoms. The lowest BCUT2D eigenvalue weighted by Gasteiger charge is -2.16. The van der Waals surface area contributed by atoms with Crippen molar-refractivity contribution in [1.29, 1.82) is 0 Å². The maximum atomic E-state index is 10.6. The van der Waals surface area contributed by atoms with Gasteiger partial charge in [-0.05, 0) is 35.9 Å². The van der Waals surface area contributed by atoms with Crippen LogP contribution in [-0.2, 0) is 0 Å². The monoisotopic (exact) mass is 226 g/mol. The zero-order valence-corrected chi connectivity index (χ0v) is 9.21. The van der Waals surface area contributed by atoms with E-state index in [1.807, 2.05) is 0 Å². The predicted octanol–water partition coefficient (Wildman–Crippen LogP) is 1.53. The summed E-state index contributed by atoms with van der Waals surface area (Å²) in [7, 11) is 0. The molecule has 1 N–H and O–H groups in total. The van der Waals surface area contributed by atoms with E-state index in [-0.39, 0.29) is 18.2 Å². The number of hydrogen-bond acceptors (Lipinski definition) is 5. The van der Waals surface area contributed by atoms with Crippen molar-refractivity contribution < 1.29 is 14.8 Å². The minimum Gasteiger partial charge on any atom is -0.486 e. The van der Waals surface area contributed by atoms with Crippen LogP contribution in [0.1, 0.15) is 20.3 Å². The van der Waals surface area contributed by atoms with E-state index in [2.05, 4.69) is 4.98 Å². The molecule has 1 rings (SSSR count). The molecule has 0 atom stereocenters. The van der Waals surface area contributed by atoms with E-state index in [0.29, 0.717) is 6.42 Å². The summed E-state index contributed by atoms with van der Waals surface area (Å²) in [5.74, 6) is -0.185. The molecular weight excluding hydrogens is 212 g/mol. The molecule has 1 aromatic rings. The molecule has 1 heterocycles. The molecule has 6 nitrogen and oxygen atoms in total. The van der Waals surface area contributed by atoms with Gasteiger partial charge in [0.1, 0.15) is 6.20 Å². The summed E-state index contributed by atoms with van der Waals surface area (Å²) in [5, 5.41) is 20.0. The Morgan fingerprint density at radius 2 is 2.31 bits per heavy atom. The molecule has 0 aliphatic rings. The molecule has 0 aromatic carbocycles. The predicted molar refractivity (Wildman–Crippen MR) is 57.3 cm³/mol. The third kappa shape index (κ3) is 3.82. The van der Waals surface area contributed by atoms with Gasteiger partial charge in [0.05, 0.1) is 12.2 Å². The first-order chi connectivity index (χ1) is 7.40. The third-order valence-electron chi connectivity index (χ3n) is 1.90. The highest BCUT2D eigenvalue weighted by Gasteiger charge is 2.17. The van der Waals surface area contributed by atoms with Crippen molar-refractivity contribution in [2.24, 2.45) is 0 Å². The average Bonchev–Trinajstić information content (AvgIpc) is 2.16. The Kier molecular flexibility index (Phi) is 3.78. The number of ether oxygens (including phenoxy) is 1. The molecule has 0 saturated heterocycles. The van der Waals surface area contributed by atoms with Gasteiger partial charge in [0.25, 0.3) is 0 Å². The standard InChI is InChI=1S/C10H14N2O4/c1-10(2,13)5-7-16-8-4-3-6-11-9(8)12(14)15/h3-4,6,13H,5,7H2,1-2H3. The second-order valence-electron chi connectivity index (χ2n) is 3.99. The molecule has 16 heavy (non-hydrogen) atoms. The summed E-state index contributed by atoms with van der Waals surface area (Å²) in [4.78, 5) is 13.6. The van der Waals surface area contributed by atoms with E-state index in [9.17, 15) is 15.2 Å². The highest BCUT2D eigenvalue weighted by atomic mass is 16.6. The van der Waals surface area contributed by atoms with E-state index in [1.54, 1.807) is 19.9 Å². The number of nitro groups is 1. The molecular formula is C10H14N2O4. The zero-order valence-electron chi connectivity index (χ0n) is 9.21. The van der Waals surface area contributed by atoms with Crippen LogP contribution in [0.15, 0.2) is 18.3 Å². The summed E-state index contributed by atoms with van der Waals surface area (Å²) in [6.07, 6.45) is 1.72. The molecule has 0 bridgehead atoms. The first kappa shape index (κ1) is 12.4. The Bertz CT molecular complexity index is 373. The van der Waals surface area contributed by atoms with Gasteiger partial charge in [0, 0.05) is 6.42 Å². The van der Waals surface area contributed by atoms with E-state index in [0.717, 1.165) is 0 Å². The van der Waals surface area contributed by atoms with Crippen LogP contribution in [-0.4, -0.2) is 27.2 Å². The molecule has 0 aliphatic heterocycles. The van der Waals surface area contributed by atoms with E-state index in [1.165, 1.54) is 12.3 Å². The lowest BCUT2D eigenvalue weighted by atomic mass is 10.1. The van der Waals surface area contributed by atoms with Gasteiger partial charge in [0.2, 0.25) is 5.75 Å². The average molecular weight is 226 g/mol. The highest BCUT2D eigenvalue weighted by Crippen LogP contribution is 2.23. The van der Waals surface area contributed by atoms with Gasteiger partial charge in [-0.15, -0.1) is 0 Å². The lowest BCUT2D eigenvalue weighted by Crippen LogP contribution is -2.22. The Morgan fingerprint density at radius 1 is 1.62 bits per heavy atom. The molecule has 0 aliphatic carbocycles. The molecule has 0 saturated carbocycles. The van der Waals surface area contributed by atoms with Gasteiger partial charge >= 0.3 is 5.82 Å². The summed E-state index contributed by atoms with van der Waals surface area (Å²) in [6.45, 7) is 3.50. The van der Waals surface area contributed by atoms with Crippen molar-refractivity contribution in [3.8, 4) is 5.75 Å². The number of hydrogen-bond donors (Lipinski definition) is 1. The summed E-state index contributed by atoms with van der Waals surface area (Å²) in [5.41, 5.74) is -0.850. The smallest absolute Gasteiger partial charge is 0.406 e. The molecule has 0 fully saturated rings. The Hall–Kier alpha value is -1.69. The van der Waals surface area contributed by atoms with Crippen LogP contribution >= 0.6 is 0 Å². The SMILES string of the molecule is CC(C)(O)CCOc1cccnc1[N+](=O)[O-]. The number of aliphatic hydroxyl groups is 1. The quantitative estimate of drug-likeness (QED) is 0.607. The van der Waals surface area contributed by atoms with Crippen LogP contribution in [0.5, 0.6) is 5.75 Å². The second kappa shape index (κ2) is 4.89. The van der Waals surface area contributed by atoms with Crippen LogP contribution in [0.4, 0.5) is 5.82 Å². The van der Waals surface area contributed by atoms with Crippen molar-refractivity contribution in [2.75, 3.05) is 6.61 Å². The molecule has 0 radical (unpaired) electrons. The fraction of sp³-hybridized carbons (Fsp3) is 0.500. The van der Waals surface area contributed by atoms with Crippen molar-refractivity contribution in [1.82, 2.24) is 4.98 Å². The van der Waals surface area contributed by atoms with Crippen LogP contribution < -0.4 is 4.74 Å². The number of aromatic nitrogens is 1. The molecule has 1 aromatic heterocycles. The number of pyridine rings is 1. The van der Waals surface area contributed by atoms with Crippen molar-refractivity contribution in [2.45, 2.75) is 25.9 Å². The Labute approximate surface area is 93.0 Å². The van der Waals surface area contributed by atoms with Crippen molar-refractivity contribution >= 4 is 5.82 Å². The van der Waals surface area contributed by atoms with E-state index >= 15 is 0 Å². The molecule has 88 valence electrons. The van der Waals surface area contributed by atoms with E-state index < -0.39 is 10.5 Å². The fourth-order valence-electron chi connectivity index (χ4n) is 1.04. The topological polar surface area (TPSA) is 85.5 Å². The van der Waals surface area contributed by atoms with Crippen molar-refractivity contribution in [3.63, 3.8) is 0 Å². The third-order valence-corrected chi connectivity index (χ3v) is 1.90. The molecule has 0 unspecified atom stereocenters. The lowest BCUT2D eigenvalue weighted by molar-refractivity contribution is -0.390. The largest absolute Gasteiger partial charge is 0.486 e. The van der Waals surface area contributed by atoms with E-state index in [4.69, 9.17) is 4.74 Å². The minimum atomic E-state index is -0.850. The van der Waals surface area contributed by atoms with Gasteiger partial charge < -0.3 is 20.0 Å². The first-order valence-corrected chi connectivity index (χ1v) is 4.85. The Balaban J connectivity index is 2.64. The first-order valence-electron chi connectivity index (χ1n) is 4.85. The summed E-state index contributed by atoms with van der Waals surface area (Å²) in [6, 6.07) is 3.04. The summed E-state index contributed by atoms with van der Waals surface area (Å²) >= 11 is 0. The van der Waals surface area contributed by atoms with Crippen molar-refractivity contribution in [3.05, 3.63) is 28.4 Å². The molecule has 0 amide bonds. The van der Waals surface area contributed by atoms with Gasteiger partial charge in [-0.2, -0.15) is 0 Å². The van der Waals surface area contributed by atoms with Gasteiger partial charge in [0.15, 0.2) is 0 Å². The zero-order chi connectivity index (χ0) is 12.2. The normalized spacial score (nSPS) is 11.2. The van der Waals surface area contributed by atoms with Crippen LogP contribution in [0.2, 0.25) is 0 Å². The van der Waals surface area contributed by atoms with Gasteiger partial charge in [-0.1, -0.05) is 0 Å². The summed E-state index contributed by atoms with van der Waals surface area (Å²) < 4.78 is 5.21. The minimum absolute atomic E-state index is 0.122. The maximum Gasteiger partial charge on any atom is 0.406 e. The second-order valence-corrected chi connectivity index (χ2v) is 3.99. The number of rotatable bonds is 5. The van der Waals surface area contributed by atoms with Gasteiger partial charge in [-0.25, -0.2) is 0 Å². The van der Waals surface area contributed by atoms with Gasteiger partial charge in [-0.3, -0.25) is 0 Å². The maximum absolute atomic E-state index is 10.6. The van der Waals surface area contributed by atoms with Crippen LogP contribution in [0, 0.1) is 10.1 Å². The fourth-order valence-corrected chi connectivity index (χ4v) is 1.04. The number of nitrogens with zero attached hydrogens (tertiary/aromatic N) is 2. The van der Waals surface area contributed by atoms with Crippen LogP contribution in [0.25, 0.3) is 0 Å². The van der Waals surface area contributed by atoms with Crippen LogP contribution in [0.3, 0.4) is 0 Å². The molecule has 6 heteroatoms. The highest BCUT2D eigenvalue weighted by molar-refractivity contribution is 5.38.